The molecule has 0 spiro atoms. The number of morpholine rings is 1. The first-order chi connectivity index (χ1) is 9.89. The Morgan fingerprint density at radius 1 is 1.29 bits per heavy atom. The summed E-state index contributed by atoms with van der Waals surface area (Å²) in [4.78, 5) is 27.1. The van der Waals surface area contributed by atoms with Gasteiger partial charge in [-0.1, -0.05) is 0 Å². The van der Waals surface area contributed by atoms with Gasteiger partial charge in [-0.2, -0.15) is 0 Å². The van der Waals surface area contributed by atoms with Gasteiger partial charge in [0.25, 0.3) is 0 Å². The van der Waals surface area contributed by atoms with Crippen molar-refractivity contribution in [1.82, 2.24) is 9.80 Å². The first-order valence-corrected chi connectivity index (χ1v) is 9.04. The molecule has 2 saturated heterocycles. The molecule has 21 heavy (non-hydrogen) atoms. The highest BCUT2D eigenvalue weighted by molar-refractivity contribution is 7.91. The van der Waals surface area contributed by atoms with Gasteiger partial charge < -0.3 is 14.5 Å². The quantitative estimate of drug-likeness (QED) is 0.682. The van der Waals surface area contributed by atoms with E-state index in [1.807, 2.05) is 0 Å². The molecule has 120 valence electrons. The zero-order valence-corrected chi connectivity index (χ0v) is 13.1. The second kappa shape index (κ2) is 6.74. The first kappa shape index (κ1) is 16.2. The summed E-state index contributed by atoms with van der Waals surface area (Å²) in [5, 5.41) is 0. The van der Waals surface area contributed by atoms with Gasteiger partial charge in [-0.3, -0.25) is 9.59 Å². The molecule has 0 radical (unpaired) electrons. The molecular weight excluding hydrogens is 296 g/mol. The summed E-state index contributed by atoms with van der Waals surface area (Å²) in [6.07, 6.45) is 0.698. The predicted octanol–water partition coefficient (Wildman–Crippen LogP) is -0.729. The number of amides is 2. The number of hydrogen-bond acceptors (Lipinski definition) is 5. The third kappa shape index (κ3) is 4.41. The van der Waals surface area contributed by atoms with Crippen LogP contribution in [0.25, 0.3) is 0 Å². The third-order valence-electron chi connectivity index (χ3n) is 3.98. The maximum Gasteiger partial charge on any atom is 0.224 e. The average molecular weight is 318 g/mol. The van der Waals surface area contributed by atoms with Crippen molar-refractivity contribution in [2.75, 3.05) is 44.4 Å². The molecule has 8 heteroatoms. The van der Waals surface area contributed by atoms with Gasteiger partial charge in [0.15, 0.2) is 9.84 Å². The monoisotopic (exact) mass is 318 g/mol. The summed E-state index contributed by atoms with van der Waals surface area (Å²) in [5.41, 5.74) is 0. The molecule has 0 aromatic rings. The summed E-state index contributed by atoms with van der Waals surface area (Å²) in [5.74, 6) is -0.0470. The molecule has 2 heterocycles. The molecule has 2 fully saturated rings. The Hall–Kier alpha value is -1.15. The van der Waals surface area contributed by atoms with Crippen LogP contribution in [-0.4, -0.2) is 80.4 Å². The summed E-state index contributed by atoms with van der Waals surface area (Å²) in [6.45, 7) is 3.95. The van der Waals surface area contributed by atoms with Gasteiger partial charge >= 0.3 is 0 Å². The molecule has 2 aliphatic rings. The average Bonchev–Trinajstić information content (AvgIpc) is 2.79. The molecule has 1 unspecified atom stereocenters. The number of nitrogens with zero attached hydrogens (tertiary/aromatic N) is 2. The van der Waals surface area contributed by atoms with E-state index < -0.39 is 9.84 Å². The van der Waals surface area contributed by atoms with Gasteiger partial charge in [-0.05, 0) is 6.42 Å². The van der Waals surface area contributed by atoms with Gasteiger partial charge in [-0.25, -0.2) is 8.42 Å². The van der Waals surface area contributed by atoms with Crippen molar-refractivity contribution in [3.8, 4) is 0 Å². The van der Waals surface area contributed by atoms with Crippen LogP contribution in [0.4, 0.5) is 0 Å². The van der Waals surface area contributed by atoms with Crippen LogP contribution >= 0.6 is 0 Å². The molecular formula is C13H22N2O5S. The highest BCUT2D eigenvalue weighted by Crippen LogP contribution is 2.18. The van der Waals surface area contributed by atoms with Crippen molar-refractivity contribution in [3.63, 3.8) is 0 Å². The maximum atomic E-state index is 12.1. The highest BCUT2D eigenvalue weighted by atomic mass is 32.2. The Morgan fingerprint density at radius 3 is 2.48 bits per heavy atom. The summed E-state index contributed by atoms with van der Waals surface area (Å²) < 4.78 is 28.2. The van der Waals surface area contributed by atoms with Gasteiger partial charge in [0.05, 0.1) is 24.7 Å². The van der Waals surface area contributed by atoms with E-state index in [1.54, 1.807) is 4.90 Å². The predicted molar refractivity (Wildman–Crippen MR) is 76.5 cm³/mol. The highest BCUT2D eigenvalue weighted by Gasteiger charge is 2.33. The van der Waals surface area contributed by atoms with Crippen LogP contribution in [0.2, 0.25) is 0 Å². The smallest absolute Gasteiger partial charge is 0.224 e. The van der Waals surface area contributed by atoms with Crippen molar-refractivity contribution in [2.24, 2.45) is 0 Å². The van der Waals surface area contributed by atoms with Crippen LogP contribution in [0.3, 0.4) is 0 Å². The Kier molecular flexibility index (Phi) is 5.21. The van der Waals surface area contributed by atoms with E-state index >= 15 is 0 Å². The van der Waals surface area contributed by atoms with E-state index in [2.05, 4.69) is 0 Å². The number of ether oxygens (including phenoxy) is 1. The fourth-order valence-electron chi connectivity index (χ4n) is 2.81. The minimum absolute atomic E-state index is 0.00889. The molecule has 0 aromatic carbocycles. The second-order valence-electron chi connectivity index (χ2n) is 5.51. The second-order valence-corrected chi connectivity index (χ2v) is 7.74. The number of sulfone groups is 1. The summed E-state index contributed by atoms with van der Waals surface area (Å²) in [6, 6.07) is -0.287. The van der Waals surface area contributed by atoms with Crippen LogP contribution < -0.4 is 0 Å². The standard InChI is InChI=1S/C13H22N2O5S/c1-11(16)15(12-3-9-21(18,19)10-12)4-2-13(17)14-5-7-20-8-6-14/h12H,2-10H2,1H3. The van der Waals surface area contributed by atoms with E-state index in [1.165, 1.54) is 11.8 Å². The minimum atomic E-state index is -3.04. The molecule has 0 aromatic heterocycles. The minimum Gasteiger partial charge on any atom is -0.378 e. The van der Waals surface area contributed by atoms with Crippen LogP contribution in [0.5, 0.6) is 0 Å². The molecule has 2 aliphatic heterocycles. The molecule has 0 saturated carbocycles. The van der Waals surface area contributed by atoms with E-state index in [0.717, 1.165) is 0 Å². The lowest BCUT2D eigenvalue weighted by molar-refractivity contribution is -0.137. The molecule has 0 aliphatic carbocycles. The normalized spacial score (nSPS) is 24.8. The molecule has 2 amide bonds. The zero-order valence-electron chi connectivity index (χ0n) is 12.3. The first-order valence-electron chi connectivity index (χ1n) is 7.22. The Labute approximate surface area is 125 Å². The van der Waals surface area contributed by atoms with Crippen LogP contribution in [-0.2, 0) is 24.2 Å². The van der Waals surface area contributed by atoms with Gasteiger partial charge in [-0.15, -0.1) is 0 Å². The number of carbonyl (C=O) groups is 2. The Morgan fingerprint density at radius 2 is 1.95 bits per heavy atom. The maximum absolute atomic E-state index is 12.1. The molecule has 1 atom stereocenters. The van der Waals surface area contributed by atoms with Crippen LogP contribution in [0.15, 0.2) is 0 Å². The van der Waals surface area contributed by atoms with Crippen LogP contribution in [0.1, 0.15) is 19.8 Å². The fourth-order valence-corrected chi connectivity index (χ4v) is 4.54. The van der Waals surface area contributed by atoms with E-state index in [-0.39, 0.29) is 42.3 Å². The molecule has 0 bridgehead atoms. The summed E-state index contributed by atoms with van der Waals surface area (Å²) >= 11 is 0. The molecule has 0 N–H and O–H groups in total. The van der Waals surface area contributed by atoms with Crippen molar-refractivity contribution < 1.29 is 22.7 Å². The fraction of sp³-hybridized carbons (Fsp3) is 0.846. The number of carbonyl (C=O) groups excluding carboxylic acids is 2. The number of rotatable bonds is 4. The lowest BCUT2D eigenvalue weighted by Gasteiger charge is -2.30. The van der Waals surface area contributed by atoms with Gasteiger partial charge in [0, 0.05) is 39.0 Å². The third-order valence-corrected chi connectivity index (χ3v) is 5.73. The Balaban J connectivity index is 1.88. The molecule has 7 nitrogen and oxygen atoms in total. The SMILES string of the molecule is CC(=O)N(CCC(=O)N1CCOCC1)C1CCS(=O)(=O)C1. The van der Waals surface area contributed by atoms with E-state index in [9.17, 15) is 18.0 Å². The number of hydrogen-bond donors (Lipinski definition) is 0. The largest absolute Gasteiger partial charge is 0.378 e. The van der Waals surface area contributed by atoms with Gasteiger partial charge in [0.2, 0.25) is 11.8 Å². The summed E-state index contributed by atoms with van der Waals surface area (Å²) in [7, 11) is -3.04. The zero-order chi connectivity index (χ0) is 15.5. The van der Waals surface area contributed by atoms with E-state index in [4.69, 9.17) is 4.74 Å². The van der Waals surface area contributed by atoms with E-state index in [0.29, 0.717) is 32.7 Å². The lowest BCUT2D eigenvalue weighted by atomic mass is 10.2. The Bertz CT molecular complexity index is 499. The topological polar surface area (TPSA) is 84.0 Å². The van der Waals surface area contributed by atoms with Gasteiger partial charge in [0.1, 0.15) is 0 Å². The van der Waals surface area contributed by atoms with Crippen molar-refractivity contribution in [3.05, 3.63) is 0 Å². The van der Waals surface area contributed by atoms with Crippen molar-refractivity contribution >= 4 is 21.7 Å². The van der Waals surface area contributed by atoms with Crippen molar-refractivity contribution in [1.29, 1.82) is 0 Å². The van der Waals surface area contributed by atoms with Crippen molar-refractivity contribution in [2.45, 2.75) is 25.8 Å². The molecule has 2 rings (SSSR count). The lowest BCUT2D eigenvalue weighted by Crippen LogP contribution is -2.45. The van der Waals surface area contributed by atoms with Crippen LogP contribution in [0, 0.1) is 0 Å².